The number of ether oxygens (including phenoxy) is 1. The molecule has 0 N–H and O–H groups in total. The fourth-order valence-electron chi connectivity index (χ4n) is 1.70. The van der Waals surface area contributed by atoms with Gasteiger partial charge >= 0.3 is 16.1 Å². The van der Waals surface area contributed by atoms with Gasteiger partial charge in [0.15, 0.2) is 0 Å². The Morgan fingerprint density at radius 3 is 2.32 bits per heavy atom. The maximum atomic E-state index is 11.4. The van der Waals surface area contributed by atoms with Crippen molar-refractivity contribution in [2.75, 3.05) is 13.4 Å². The SMILES string of the molecule is COC(=O)c1ccc2cc(OS(C)(=O)=O)ccc2c1. The average Bonchev–Trinajstić information content (AvgIpc) is 2.35. The van der Waals surface area contributed by atoms with Crippen LogP contribution >= 0.6 is 0 Å². The smallest absolute Gasteiger partial charge is 0.337 e. The number of hydrogen-bond donors (Lipinski definition) is 0. The molecule has 2 aromatic rings. The van der Waals surface area contributed by atoms with Crippen molar-refractivity contribution in [3.63, 3.8) is 0 Å². The number of methoxy groups -OCH3 is 1. The van der Waals surface area contributed by atoms with Gasteiger partial charge in [0, 0.05) is 0 Å². The van der Waals surface area contributed by atoms with E-state index in [1.807, 2.05) is 0 Å². The molecule has 0 heterocycles. The van der Waals surface area contributed by atoms with Crippen molar-refractivity contribution in [1.82, 2.24) is 0 Å². The van der Waals surface area contributed by atoms with Crippen molar-refractivity contribution in [3.05, 3.63) is 42.0 Å². The van der Waals surface area contributed by atoms with Crippen LogP contribution in [0.2, 0.25) is 0 Å². The predicted molar refractivity (Wildman–Crippen MR) is 70.8 cm³/mol. The summed E-state index contributed by atoms with van der Waals surface area (Å²) in [5, 5.41) is 1.57. The molecule has 0 aromatic heterocycles. The second-order valence-corrected chi connectivity index (χ2v) is 5.58. The van der Waals surface area contributed by atoms with Crippen LogP contribution < -0.4 is 4.18 Å². The van der Waals surface area contributed by atoms with Gasteiger partial charge in [-0.15, -0.1) is 0 Å². The fourth-order valence-corrected chi connectivity index (χ4v) is 2.15. The van der Waals surface area contributed by atoms with E-state index in [1.165, 1.54) is 13.2 Å². The third kappa shape index (κ3) is 3.23. The van der Waals surface area contributed by atoms with Crippen molar-refractivity contribution in [2.45, 2.75) is 0 Å². The van der Waals surface area contributed by atoms with Crippen LogP contribution in [0.15, 0.2) is 36.4 Å². The zero-order valence-electron chi connectivity index (χ0n) is 10.4. The van der Waals surface area contributed by atoms with Crippen LogP contribution in [0.25, 0.3) is 10.8 Å². The summed E-state index contributed by atoms with van der Waals surface area (Å²) in [4.78, 5) is 11.4. The van der Waals surface area contributed by atoms with E-state index in [0.29, 0.717) is 5.56 Å². The van der Waals surface area contributed by atoms with Crippen molar-refractivity contribution < 1.29 is 22.1 Å². The van der Waals surface area contributed by atoms with Crippen molar-refractivity contribution >= 4 is 26.9 Å². The first-order valence-corrected chi connectivity index (χ1v) is 7.22. The number of fused-ring (bicyclic) bond motifs is 1. The molecule has 0 unspecified atom stereocenters. The van der Waals surface area contributed by atoms with Gasteiger partial charge in [-0.25, -0.2) is 4.79 Å². The predicted octanol–water partition coefficient (Wildman–Crippen LogP) is 1.96. The molecule has 100 valence electrons. The van der Waals surface area contributed by atoms with Crippen molar-refractivity contribution in [2.24, 2.45) is 0 Å². The van der Waals surface area contributed by atoms with E-state index in [0.717, 1.165) is 17.0 Å². The first-order chi connectivity index (χ1) is 8.89. The van der Waals surface area contributed by atoms with Gasteiger partial charge in [0.25, 0.3) is 0 Å². The normalized spacial score (nSPS) is 11.3. The maximum absolute atomic E-state index is 11.4. The molecular formula is C13H12O5S. The van der Waals surface area contributed by atoms with Gasteiger partial charge in [-0.1, -0.05) is 12.1 Å². The lowest BCUT2D eigenvalue weighted by molar-refractivity contribution is 0.0601. The lowest BCUT2D eigenvalue weighted by Crippen LogP contribution is -2.05. The third-order valence-corrected chi connectivity index (χ3v) is 2.98. The van der Waals surface area contributed by atoms with Gasteiger partial charge in [-0.2, -0.15) is 8.42 Å². The molecule has 0 saturated heterocycles. The van der Waals surface area contributed by atoms with Crippen LogP contribution in [0.3, 0.4) is 0 Å². The Kier molecular flexibility index (Phi) is 3.44. The first-order valence-electron chi connectivity index (χ1n) is 5.40. The number of carbonyl (C=O) groups is 1. The topological polar surface area (TPSA) is 69.7 Å². The Balaban J connectivity index is 2.43. The number of benzene rings is 2. The minimum atomic E-state index is -3.55. The zero-order chi connectivity index (χ0) is 14.0. The Morgan fingerprint density at radius 2 is 1.68 bits per heavy atom. The molecule has 0 spiro atoms. The van der Waals surface area contributed by atoms with Crippen LogP contribution in [0.4, 0.5) is 0 Å². The maximum Gasteiger partial charge on any atom is 0.337 e. The van der Waals surface area contributed by atoms with Gasteiger partial charge in [0.2, 0.25) is 0 Å². The molecule has 2 rings (SSSR count). The molecule has 0 aliphatic heterocycles. The standard InChI is InChI=1S/C13H12O5S/c1-17-13(14)11-4-3-10-8-12(18-19(2,15)16)6-5-9(10)7-11/h3-8H,1-2H3. The second-order valence-electron chi connectivity index (χ2n) is 4.00. The molecule has 0 radical (unpaired) electrons. The lowest BCUT2D eigenvalue weighted by Gasteiger charge is -2.05. The number of rotatable bonds is 3. The highest BCUT2D eigenvalue weighted by Gasteiger charge is 2.08. The first kappa shape index (κ1) is 13.4. The molecule has 0 bridgehead atoms. The Morgan fingerprint density at radius 1 is 1.05 bits per heavy atom. The van der Waals surface area contributed by atoms with Gasteiger partial charge < -0.3 is 8.92 Å². The number of carbonyl (C=O) groups excluding carboxylic acids is 1. The third-order valence-electron chi connectivity index (χ3n) is 2.48. The molecule has 0 amide bonds. The summed E-state index contributed by atoms with van der Waals surface area (Å²) in [6, 6.07) is 9.80. The van der Waals surface area contributed by atoms with Crippen LogP contribution in [0.5, 0.6) is 5.75 Å². The second kappa shape index (κ2) is 4.89. The monoisotopic (exact) mass is 280 g/mol. The van der Waals surface area contributed by atoms with Crippen LogP contribution in [-0.4, -0.2) is 27.8 Å². The Hall–Kier alpha value is -2.08. The molecule has 0 saturated carbocycles. The Labute approximate surface area is 110 Å². The summed E-state index contributed by atoms with van der Waals surface area (Å²) in [7, 11) is -2.23. The van der Waals surface area contributed by atoms with E-state index < -0.39 is 16.1 Å². The molecule has 2 aromatic carbocycles. The summed E-state index contributed by atoms with van der Waals surface area (Å²) in [6.45, 7) is 0. The highest BCUT2D eigenvalue weighted by atomic mass is 32.2. The lowest BCUT2D eigenvalue weighted by atomic mass is 10.1. The van der Waals surface area contributed by atoms with Crippen LogP contribution in [0, 0.1) is 0 Å². The summed E-state index contributed by atoms with van der Waals surface area (Å²) in [5.41, 5.74) is 0.437. The van der Waals surface area contributed by atoms with Crippen molar-refractivity contribution in [3.8, 4) is 5.75 Å². The highest BCUT2D eigenvalue weighted by Crippen LogP contribution is 2.23. The molecule has 5 nitrogen and oxygen atoms in total. The van der Waals surface area contributed by atoms with E-state index in [4.69, 9.17) is 4.18 Å². The van der Waals surface area contributed by atoms with E-state index in [9.17, 15) is 13.2 Å². The largest absolute Gasteiger partial charge is 0.465 e. The minimum absolute atomic E-state index is 0.237. The molecule has 19 heavy (non-hydrogen) atoms. The summed E-state index contributed by atoms with van der Waals surface area (Å²) in [6.07, 6.45) is 0.984. The number of hydrogen-bond acceptors (Lipinski definition) is 5. The molecule has 0 aliphatic carbocycles. The Bertz CT molecular complexity index is 734. The van der Waals surface area contributed by atoms with Gasteiger partial charge in [0.05, 0.1) is 18.9 Å². The summed E-state index contributed by atoms with van der Waals surface area (Å²) in [5.74, 6) is -0.181. The molecular weight excluding hydrogens is 268 g/mol. The van der Waals surface area contributed by atoms with E-state index in [2.05, 4.69) is 4.74 Å². The van der Waals surface area contributed by atoms with Gasteiger partial charge in [-0.3, -0.25) is 0 Å². The van der Waals surface area contributed by atoms with E-state index >= 15 is 0 Å². The van der Waals surface area contributed by atoms with Crippen LogP contribution in [-0.2, 0) is 14.9 Å². The van der Waals surface area contributed by atoms with Crippen molar-refractivity contribution in [1.29, 1.82) is 0 Å². The summed E-state index contributed by atoms with van der Waals surface area (Å²) < 4.78 is 31.5. The average molecular weight is 280 g/mol. The highest BCUT2D eigenvalue weighted by molar-refractivity contribution is 7.86. The van der Waals surface area contributed by atoms with Crippen LogP contribution in [0.1, 0.15) is 10.4 Å². The van der Waals surface area contributed by atoms with Gasteiger partial charge in [-0.05, 0) is 35.0 Å². The molecule has 0 aliphatic rings. The molecule has 6 heteroatoms. The van der Waals surface area contributed by atoms with Gasteiger partial charge in [0.1, 0.15) is 5.75 Å². The molecule has 0 atom stereocenters. The van der Waals surface area contributed by atoms with E-state index in [-0.39, 0.29) is 5.75 Å². The minimum Gasteiger partial charge on any atom is -0.465 e. The van der Waals surface area contributed by atoms with E-state index in [1.54, 1.807) is 30.3 Å². The molecule has 0 fully saturated rings. The zero-order valence-corrected chi connectivity index (χ0v) is 11.2. The summed E-state index contributed by atoms with van der Waals surface area (Å²) >= 11 is 0. The number of esters is 1. The quantitative estimate of drug-likeness (QED) is 0.635. The fraction of sp³-hybridized carbons (Fsp3) is 0.154.